The van der Waals surface area contributed by atoms with Gasteiger partial charge in [-0.2, -0.15) is 0 Å². The van der Waals surface area contributed by atoms with Crippen molar-refractivity contribution >= 4 is 21.8 Å². The van der Waals surface area contributed by atoms with Crippen LogP contribution in [0.2, 0.25) is 0 Å². The van der Waals surface area contributed by atoms with Crippen molar-refractivity contribution in [1.82, 2.24) is 10.2 Å². The highest BCUT2D eigenvalue weighted by atomic mass is 79.9. The largest absolute Gasteiger partial charge is 0.356 e. The molecule has 1 aromatic rings. The fraction of sp³-hybridized carbons (Fsp3) is 0.533. The first-order valence-electron chi connectivity index (χ1n) is 6.85. The van der Waals surface area contributed by atoms with Crippen LogP contribution in [0.5, 0.6) is 0 Å². The summed E-state index contributed by atoms with van der Waals surface area (Å²) < 4.78 is 1.14. The number of hydrogen-bond acceptors (Lipinski definition) is 2. The Bertz CT molecular complexity index is 436. The number of nitrogens with one attached hydrogen (secondary N) is 1. The van der Waals surface area contributed by atoms with Gasteiger partial charge in [0.25, 0.3) is 0 Å². The highest BCUT2D eigenvalue weighted by molar-refractivity contribution is 9.10. The Morgan fingerprint density at radius 3 is 3.11 bits per heavy atom. The second-order valence-electron chi connectivity index (χ2n) is 5.31. The van der Waals surface area contributed by atoms with Gasteiger partial charge < -0.3 is 5.32 Å². The first-order chi connectivity index (χ1) is 9.13. The van der Waals surface area contributed by atoms with Gasteiger partial charge in [-0.05, 0) is 43.0 Å². The molecule has 0 saturated carbocycles. The molecule has 2 rings (SSSR count). The summed E-state index contributed by atoms with van der Waals surface area (Å²) in [5, 5.41) is 2.94. The second kappa shape index (κ2) is 7.06. The molecule has 1 saturated heterocycles. The van der Waals surface area contributed by atoms with Crippen LogP contribution in [-0.4, -0.2) is 30.4 Å². The van der Waals surface area contributed by atoms with Gasteiger partial charge in [0, 0.05) is 31.0 Å². The lowest BCUT2D eigenvalue weighted by Gasteiger charge is -2.32. The van der Waals surface area contributed by atoms with Crippen molar-refractivity contribution in [2.45, 2.75) is 26.3 Å². The Morgan fingerprint density at radius 1 is 1.53 bits per heavy atom. The molecule has 1 heterocycles. The number of benzene rings is 1. The number of nitrogens with zero attached hydrogens (tertiary/aromatic N) is 1. The molecule has 1 aliphatic heterocycles. The average Bonchev–Trinajstić information content (AvgIpc) is 2.37. The molecule has 19 heavy (non-hydrogen) atoms. The molecule has 0 radical (unpaired) electrons. The van der Waals surface area contributed by atoms with Gasteiger partial charge >= 0.3 is 0 Å². The monoisotopic (exact) mass is 324 g/mol. The number of carbonyl (C=O) groups excluding carboxylic acids is 1. The molecule has 1 aromatic carbocycles. The van der Waals surface area contributed by atoms with E-state index in [-0.39, 0.29) is 5.91 Å². The lowest BCUT2D eigenvalue weighted by molar-refractivity contribution is -0.119. The van der Waals surface area contributed by atoms with Gasteiger partial charge in [-0.15, -0.1) is 0 Å². The summed E-state index contributed by atoms with van der Waals surface area (Å²) in [5.74, 6) is 0.661. The molecule has 0 bridgehead atoms. The Hall–Kier alpha value is -0.870. The van der Waals surface area contributed by atoms with Gasteiger partial charge in [-0.1, -0.05) is 28.1 Å². The first kappa shape index (κ1) is 14.5. The molecule has 1 atom stereocenters. The molecule has 1 N–H and O–H groups in total. The Labute approximate surface area is 123 Å². The number of piperidine rings is 1. The highest BCUT2D eigenvalue weighted by Crippen LogP contribution is 2.19. The average molecular weight is 325 g/mol. The zero-order valence-corrected chi connectivity index (χ0v) is 12.9. The SMILES string of the molecule is CC(=O)NCC1CCCN(Cc2cccc(Br)c2)C1. The van der Waals surface area contributed by atoms with Crippen molar-refractivity contribution in [3.05, 3.63) is 34.3 Å². The smallest absolute Gasteiger partial charge is 0.216 e. The third-order valence-electron chi connectivity index (χ3n) is 3.54. The first-order valence-corrected chi connectivity index (χ1v) is 7.64. The van der Waals surface area contributed by atoms with Crippen LogP contribution in [-0.2, 0) is 11.3 Å². The summed E-state index contributed by atoms with van der Waals surface area (Å²) in [4.78, 5) is 13.5. The lowest BCUT2D eigenvalue weighted by atomic mass is 9.97. The quantitative estimate of drug-likeness (QED) is 0.923. The third-order valence-corrected chi connectivity index (χ3v) is 4.03. The highest BCUT2D eigenvalue weighted by Gasteiger charge is 2.19. The number of amides is 1. The van der Waals surface area contributed by atoms with E-state index in [0.717, 1.165) is 30.7 Å². The van der Waals surface area contributed by atoms with Gasteiger partial charge in [-0.25, -0.2) is 0 Å². The lowest BCUT2D eigenvalue weighted by Crippen LogP contribution is -2.40. The van der Waals surface area contributed by atoms with E-state index in [1.165, 1.54) is 18.4 Å². The fourth-order valence-corrected chi connectivity index (χ4v) is 3.09. The summed E-state index contributed by atoms with van der Waals surface area (Å²) in [6.45, 7) is 5.62. The summed E-state index contributed by atoms with van der Waals surface area (Å²) >= 11 is 3.51. The van der Waals surface area contributed by atoms with Crippen LogP contribution in [0, 0.1) is 5.92 Å². The standard InChI is InChI=1S/C15H21BrN2O/c1-12(19)17-9-14-5-3-7-18(11-14)10-13-4-2-6-15(16)8-13/h2,4,6,8,14H,3,5,7,9-11H2,1H3,(H,17,19). The molecule has 1 amide bonds. The molecule has 1 aliphatic rings. The molecule has 1 unspecified atom stereocenters. The van der Waals surface area contributed by atoms with Crippen molar-refractivity contribution in [2.24, 2.45) is 5.92 Å². The van der Waals surface area contributed by atoms with Crippen LogP contribution >= 0.6 is 15.9 Å². The number of likely N-dealkylation sites (tertiary alicyclic amines) is 1. The van der Waals surface area contributed by atoms with Crippen LogP contribution in [0.25, 0.3) is 0 Å². The minimum absolute atomic E-state index is 0.0733. The molecule has 0 spiro atoms. The van der Waals surface area contributed by atoms with E-state index in [0.29, 0.717) is 5.92 Å². The predicted octanol–water partition coefficient (Wildman–Crippen LogP) is 2.80. The van der Waals surface area contributed by atoms with Crippen LogP contribution in [0.1, 0.15) is 25.3 Å². The number of carbonyl (C=O) groups is 1. The van der Waals surface area contributed by atoms with Gasteiger partial charge in [0.05, 0.1) is 0 Å². The van der Waals surface area contributed by atoms with Crippen molar-refractivity contribution in [3.63, 3.8) is 0 Å². The molecule has 0 aliphatic carbocycles. The molecule has 4 heteroatoms. The molecule has 104 valence electrons. The minimum atomic E-state index is 0.0733. The van der Waals surface area contributed by atoms with E-state index < -0.39 is 0 Å². The molecular formula is C15H21BrN2O. The fourth-order valence-electron chi connectivity index (χ4n) is 2.64. The van der Waals surface area contributed by atoms with Gasteiger partial charge in [-0.3, -0.25) is 9.69 Å². The van der Waals surface area contributed by atoms with Gasteiger partial charge in [0.1, 0.15) is 0 Å². The summed E-state index contributed by atoms with van der Waals surface area (Å²) in [5.41, 5.74) is 1.34. The molecule has 1 fully saturated rings. The summed E-state index contributed by atoms with van der Waals surface area (Å²) in [7, 11) is 0. The normalized spacial score (nSPS) is 20.2. The maximum absolute atomic E-state index is 11.0. The van der Waals surface area contributed by atoms with Crippen LogP contribution in [0.15, 0.2) is 28.7 Å². The second-order valence-corrected chi connectivity index (χ2v) is 6.23. The number of halogens is 1. The van der Waals surface area contributed by atoms with E-state index in [4.69, 9.17) is 0 Å². The molecular weight excluding hydrogens is 304 g/mol. The van der Waals surface area contributed by atoms with Crippen molar-refractivity contribution in [1.29, 1.82) is 0 Å². The van der Waals surface area contributed by atoms with Crippen molar-refractivity contribution < 1.29 is 4.79 Å². The van der Waals surface area contributed by atoms with Crippen molar-refractivity contribution in [2.75, 3.05) is 19.6 Å². The van der Waals surface area contributed by atoms with E-state index in [9.17, 15) is 4.79 Å². The maximum Gasteiger partial charge on any atom is 0.216 e. The number of hydrogen-bond donors (Lipinski definition) is 1. The van der Waals surface area contributed by atoms with E-state index >= 15 is 0 Å². The van der Waals surface area contributed by atoms with Crippen LogP contribution in [0.3, 0.4) is 0 Å². The zero-order chi connectivity index (χ0) is 13.7. The molecule has 0 aromatic heterocycles. The zero-order valence-electron chi connectivity index (χ0n) is 11.4. The van der Waals surface area contributed by atoms with E-state index in [2.05, 4.69) is 50.4 Å². The summed E-state index contributed by atoms with van der Waals surface area (Å²) in [6.07, 6.45) is 2.44. The van der Waals surface area contributed by atoms with Crippen molar-refractivity contribution in [3.8, 4) is 0 Å². The summed E-state index contributed by atoms with van der Waals surface area (Å²) in [6, 6.07) is 8.48. The third kappa shape index (κ3) is 4.96. The van der Waals surface area contributed by atoms with Crippen LogP contribution < -0.4 is 5.32 Å². The Kier molecular flexibility index (Phi) is 5.40. The molecule has 3 nitrogen and oxygen atoms in total. The Balaban J connectivity index is 1.85. The predicted molar refractivity (Wildman–Crippen MR) is 80.8 cm³/mol. The van der Waals surface area contributed by atoms with Crippen LogP contribution in [0.4, 0.5) is 0 Å². The minimum Gasteiger partial charge on any atom is -0.356 e. The topological polar surface area (TPSA) is 32.3 Å². The van der Waals surface area contributed by atoms with E-state index in [1.54, 1.807) is 6.92 Å². The number of rotatable bonds is 4. The van der Waals surface area contributed by atoms with E-state index in [1.807, 2.05) is 0 Å². The van der Waals surface area contributed by atoms with Gasteiger partial charge in [0.2, 0.25) is 5.91 Å². The maximum atomic E-state index is 11.0. The van der Waals surface area contributed by atoms with Gasteiger partial charge in [0.15, 0.2) is 0 Å². The Morgan fingerprint density at radius 2 is 2.37 bits per heavy atom.